The summed E-state index contributed by atoms with van der Waals surface area (Å²) in [6.45, 7) is 6.27. The molecule has 2 rings (SSSR count). The molecule has 0 saturated heterocycles. The van der Waals surface area contributed by atoms with E-state index in [0.29, 0.717) is 12.4 Å². The minimum Gasteiger partial charge on any atom is -0.481 e. The second-order valence-electron chi connectivity index (χ2n) is 5.71. The van der Waals surface area contributed by atoms with Gasteiger partial charge in [-0.15, -0.1) is 0 Å². The average molecular weight is 313 g/mol. The van der Waals surface area contributed by atoms with Gasteiger partial charge in [-0.25, -0.2) is 0 Å². The summed E-state index contributed by atoms with van der Waals surface area (Å²) >= 11 is 0. The Hall–Kier alpha value is -2.33. The van der Waals surface area contributed by atoms with Crippen LogP contribution in [0.15, 0.2) is 42.5 Å². The molecule has 0 heterocycles. The fraction of sp³-hybridized carbons (Fsp3) is 0.316. The fourth-order valence-corrected chi connectivity index (χ4v) is 2.41. The van der Waals surface area contributed by atoms with E-state index in [2.05, 4.69) is 11.4 Å². The third-order valence-electron chi connectivity index (χ3n) is 3.38. The van der Waals surface area contributed by atoms with E-state index in [9.17, 15) is 4.79 Å². The van der Waals surface area contributed by atoms with Crippen molar-refractivity contribution in [3.05, 3.63) is 59.2 Å². The SMILES string of the molecule is COCc1cccc(NC(=O)[C@@H](C)Oc2cc(C)cc(C)c2)c1. The van der Waals surface area contributed by atoms with Crippen molar-refractivity contribution in [1.29, 1.82) is 0 Å². The molecular formula is C19H23NO3. The van der Waals surface area contributed by atoms with Gasteiger partial charge in [-0.1, -0.05) is 18.2 Å². The quantitative estimate of drug-likeness (QED) is 0.881. The van der Waals surface area contributed by atoms with Gasteiger partial charge in [-0.3, -0.25) is 4.79 Å². The summed E-state index contributed by atoms with van der Waals surface area (Å²) in [4.78, 5) is 12.3. The molecule has 23 heavy (non-hydrogen) atoms. The number of hydrogen-bond acceptors (Lipinski definition) is 3. The number of anilines is 1. The number of ether oxygens (including phenoxy) is 2. The van der Waals surface area contributed by atoms with E-state index in [4.69, 9.17) is 9.47 Å². The standard InChI is InChI=1S/C19H23NO3/c1-13-8-14(2)10-18(9-13)23-15(3)19(21)20-17-7-5-6-16(11-17)12-22-4/h5-11,15H,12H2,1-4H3,(H,20,21)/t15-/m1/s1. The van der Waals surface area contributed by atoms with E-state index in [-0.39, 0.29) is 5.91 Å². The van der Waals surface area contributed by atoms with Crippen LogP contribution < -0.4 is 10.1 Å². The van der Waals surface area contributed by atoms with Crippen LogP contribution >= 0.6 is 0 Å². The van der Waals surface area contributed by atoms with Crippen molar-refractivity contribution in [3.63, 3.8) is 0 Å². The topological polar surface area (TPSA) is 47.6 Å². The molecule has 0 aliphatic heterocycles. The number of carbonyl (C=O) groups is 1. The number of hydrogen-bond donors (Lipinski definition) is 1. The maximum Gasteiger partial charge on any atom is 0.265 e. The van der Waals surface area contributed by atoms with Gasteiger partial charge in [0.15, 0.2) is 6.10 Å². The molecular weight excluding hydrogens is 290 g/mol. The maximum absolute atomic E-state index is 12.3. The first kappa shape index (κ1) is 17.0. The normalized spacial score (nSPS) is 11.8. The summed E-state index contributed by atoms with van der Waals surface area (Å²) in [5, 5.41) is 2.87. The molecule has 0 bridgehead atoms. The van der Waals surface area contributed by atoms with Gasteiger partial charge < -0.3 is 14.8 Å². The highest BCUT2D eigenvalue weighted by atomic mass is 16.5. The lowest BCUT2D eigenvalue weighted by Gasteiger charge is -2.16. The zero-order chi connectivity index (χ0) is 16.8. The summed E-state index contributed by atoms with van der Waals surface area (Å²) in [5.41, 5.74) is 3.97. The molecule has 1 atom stereocenters. The van der Waals surface area contributed by atoms with Gasteiger partial charge >= 0.3 is 0 Å². The van der Waals surface area contributed by atoms with Crippen LogP contribution in [-0.2, 0) is 16.1 Å². The van der Waals surface area contributed by atoms with E-state index < -0.39 is 6.10 Å². The summed E-state index contributed by atoms with van der Waals surface area (Å²) in [6.07, 6.45) is -0.581. The molecule has 0 unspecified atom stereocenters. The lowest BCUT2D eigenvalue weighted by Crippen LogP contribution is -2.30. The molecule has 0 fully saturated rings. The Morgan fingerprint density at radius 2 is 1.83 bits per heavy atom. The number of aryl methyl sites for hydroxylation is 2. The Kier molecular flexibility index (Phi) is 5.77. The van der Waals surface area contributed by atoms with E-state index in [1.54, 1.807) is 14.0 Å². The molecule has 0 spiro atoms. The fourth-order valence-electron chi connectivity index (χ4n) is 2.41. The predicted octanol–water partition coefficient (Wildman–Crippen LogP) is 3.86. The number of rotatable bonds is 6. The largest absolute Gasteiger partial charge is 0.481 e. The van der Waals surface area contributed by atoms with Crippen LogP contribution in [0.4, 0.5) is 5.69 Å². The van der Waals surface area contributed by atoms with Crippen molar-refractivity contribution in [3.8, 4) is 5.75 Å². The van der Waals surface area contributed by atoms with Crippen LogP contribution in [0.2, 0.25) is 0 Å². The number of methoxy groups -OCH3 is 1. The van der Waals surface area contributed by atoms with Gasteiger partial charge in [-0.05, 0) is 61.7 Å². The van der Waals surface area contributed by atoms with Gasteiger partial charge in [0, 0.05) is 12.8 Å². The first-order valence-corrected chi connectivity index (χ1v) is 7.61. The molecule has 1 N–H and O–H groups in total. The molecule has 0 radical (unpaired) electrons. The summed E-state index contributed by atoms with van der Waals surface area (Å²) < 4.78 is 10.9. The van der Waals surface area contributed by atoms with Crippen LogP contribution in [0, 0.1) is 13.8 Å². The number of amides is 1. The van der Waals surface area contributed by atoms with E-state index in [0.717, 1.165) is 22.4 Å². The van der Waals surface area contributed by atoms with Crippen LogP contribution in [0.1, 0.15) is 23.6 Å². The van der Waals surface area contributed by atoms with Crippen molar-refractivity contribution in [2.75, 3.05) is 12.4 Å². The van der Waals surface area contributed by atoms with E-state index in [1.165, 1.54) is 0 Å². The second-order valence-corrected chi connectivity index (χ2v) is 5.71. The summed E-state index contributed by atoms with van der Waals surface area (Å²) in [6, 6.07) is 13.5. The van der Waals surface area contributed by atoms with E-state index in [1.807, 2.05) is 50.2 Å². The molecule has 4 heteroatoms. The van der Waals surface area contributed by atoms with Crippen LogP contribution in [0.5, 0.6) is 5.75 Å². The van der Waals surface area contributed by atoms with Crippen molar-refractivity contribution in [2.45, 2.75) is 33.5 Å². The second kappa shape index (κ2) is 7.79. The van der Waals surface area contributed by atoms with Crippen molar-refractivity contribution >= 4 is 11.6 Å². The van der Waals surface area contributed by atoms with Gasteiger partial charge in [-0.2, -0.15) is 0 Å². The molecule has 0 saturated carbocycles. The molecule has 122 valence electrons. The van der Waals surface area contributed by atoms with E-state index >= 15 is 0 Å². The molecule has 2 aromatic rings. The Bertz CT molecular complexity index is 662. The van der Waals surface area contributed by atoms with Gasteiger partial charge in [0.1, 0.15) is 5.75 Å². The number of carbonyl (C=O) groups excluding carboxylic acids is 1. The van der Waals surface area contributed by atoms with Gasteiger partial charge in [0.25, 0.3) is 5.91 Å². The predicted molar refractivity (Wildman–Crippen MR) is 91.8 cm³/mol. The number of nitrogens with one attached hydrogen (secondary N) is 1. The molecule has 4 nitrogen and oxygen atoms in total. The molecule has 0 aromatic heterocycles. The first-order chi connectivity index (χ1) is 11.0. The monoisotopic (exact) mass is 313 g/mol. The third-order valence-corrected chi connectivity index (χ3v) is 3.38. The molecule has 1 amide bonds. The third kappa shape index (κ3) is 5.11. The number of benzene rings is 2. The molecule has 0 aliphatic carbocycles. The first-order valence-electron chi connectivity index (χ1n) is 7.61. The zero-order valence-electron chi connectivity index (χ0n) is 14.1. The summed E-state index contributed by atoms with van der Waals surface area (Å²) in [7, 11) is 1.64. The average Bonchev–Trinajstić information content (AvgIpc) is 2.46. The highest BCUT2D eigenvalue weighted by molar-refractivity contribution is 5.94. The van der Waals surface area contributed by atoms with Crippen LogP contribution in [0.25, 0.3) is 0 Å². The van der Waals surface area contributed by atoms with Crippen molar-refractivity contribution in [1.82, 2.24) is 0 Å². The smallest absolute Gasteiger partial charge is 0.265 e. The maximum atomic E-state index is 12.3. The van der Waals surface area contributed by atoms with Crippen molar-refractivity contribution < 1.29 is 14.3 Å². The van der Waals surface area contributed by atoms with Gasteiger partial charge in [0.05, 0.1) is 6.61 Å². The molecule has 0 aliphatic rings. The van der Waals surface area contributed by atoms with Crippen LogP contribution in [-0.4, -0.2) is 19.1 Å². The lowest BCUT2D eigenvalue weighted by molar-refractivity contribution is -0.122. The Balaban J connectivity index is 2.00. The highest BCUT2D eigenvalue weighted by Gasteiger charge is 2.15. The Morgan fingerprint density at radius 3 is 2.48 bits per heavy atom. The Labute approximate surface area is 137 Å². The molecule has 2 aromatic carbocycles. The zero-order valence-corrected chi connectivity index (χ0v) is 14.1. The highest BCUT2D eigenvalue weighted by Crippen LogP contribution is 2.18. The minimum atomic E-state index is -0.581. The van der Waals surface area contributed by atoms with Crippen molar-refractivity contribution in [2.24, 2.45) is 0 Å². The summed E-state index contributed by atoms with van der Waals surface area (Å²) in [5.74, 6) is 0.525. The van der Waals surface area contributed by atoms with Gasteiger partial charge in [0.2, 0.25) is 0 Å². The Morgan fingerprint density at radius 1 is 1.13 bits per heavy atom. The minimum absolute atomic E-state index is 0.182. The van der Waals surface area contributed by atoms with Crippen LogP contribution in [0.3, 0.4) is 0 Å². The lowest BCUT2D eigenvalue weighted by atomic mass is 10.1.